The van der Waals surface area contributed by atoms with Crippen LogP contribution in [0.4, 0.5) is 0 Å². The highest BCUT2D eigenvalue weighted by atomic mass is 32.1. The number of hydrogen-bond donors (Lipinski definition) is 2. The lowest BCUT2D eigenvalue weighted by atomic mass is 10.0. The predicted molar refractivity (Wildman–Crippen MR) is 56.9 cm³/mol. The van der Waals surface area contributed by atoms with Crippen molar-refractivity contribution in [1.82, 2.24) is 5.32 Å². The van der Waals surface area contributed by atoms with E-state index in [1.165, 1.54) is 4.88 Å². The van der Waals surface area contributed by atoms with Crippen molar-refractivity contribution in [1.29, 1.82) is 0 Å². The average molecular weight is 199 g/mol. The lowest BCUT2D eigenvalue weighted by molar-refractivity contribution is 0.0556. The normalized spacial score (nSPS) is 15.6. The Morgan fingerprint density at radius 1 is 1.62 bits per heavy atom. The summed E-state index contributed by atoms with van der Waals surface area (Å²) in [4.78, 5) is 1.31. The smallest absolute Gasteiger partial charge is 0.0741 e. The Hall–Kier alpha value is -0.380. The van der Waals surface area contributed by atoms with Crippen LogP contribution < -0.4 is 5.32 Å². The molecular weight excluding hydrogens is 182 g/mol. The SMILES string of the molecule is CCC(C)(O)CNCc1cccs1. The average Bonchev–Trinajstić information content (AvgIpc) is 2.57. The molecule has 1 heterocycles. The first-order valence-electron chi connectivity index (χ1n) is 4.59. The van der Waals surface area contributed by atoms with Crippen molar-refractivity contribution in [2.45, 2.75) is 32.4 Å². The van der Waals surface area contributed by atoms with Gasteiger partial charge in [-0.2, -0.15) is 0 Å². The Labute approximate surface area is 83.6 Å². The lowest BCUT2D eigenvalue weighted by Gasteiger charge is -2.21. The van der Waals surface area contributed by atoms with Gasteiger partial charge in [0.1, 0.15) is 0 Å². The summed E-state index contributed by atoms with van der Waals surface area (Å²) in [7, 11) is 0. The first-order chi connectivity index (χ1) is 6.14. The topological polar surface area (TPSA) is 32.3 Å². The van der Waals surface area contributed by atoms with Gasteiger partial charge in [0.2, 0.25) is 0 Å². The van der Waals surface area contributed by atoms with Gasteiger partial charge in [-0.05, 0) is 24.8 Å². The highest BCUT2D eigenvalue weighted by Crippen LogP contribution is 2.09. The monoisotopic (exact) mass is 199 g/mol. The van der Waals surface area contributed by atoms with Crippen LogP contribution in [-0.4, -0.2) is 17.3 Å². The Bertz CT molecular complexity index is 231. The summed E-state index contributed by atoms with van der Waals surface area (Å²) in [6.45, 7) is 5.36. The molecule has 0 aliphatic rings. The fourth-order valence-corrected chi connectivity index (χ4v) is 1.67. The van der Waals surface area contributed by atoms with Crippen LogP contribution in [0, 0.1) is 0 Å². The first kappa shape index (κ1) is 10.7. The number of thiophene rings is 1. The van der Waals surface area contributed by atoms with E-state index in [0.29, 0.717) is 6.54 Å². The molecule has 1 aromatic heterocycles. The third-order valence-electron chi connectivity index (χ3n) is 2.15. The van der Waals surface area contributed by atoms with E-state index in [9.17, 15) is 5.11 Å². The van der Waals surface area contributed by atoms with Gasteiger partial charge < -0.3 is 10.4 Å². The molecule has 3 heteroatoms. The molecule has 0 radical (unpaired) electrons. The second kappa shape index (κ2) is 4.74. The second-order valence-electron chi connectivity index (χ2n) is 3.53. The van der Waals surface area contributed by atoms with Crippen LogP contribution in [0.1, 0.15) is 25.1 Å². The maximum absolute atomic E-state index is 9.69. The van der Waals surface area contributed by atoms with E-state index >= 15 is 0 Å². The Morgan fingerprint density at radius 3 is 2.92 bits per heavy atom. The molecule has 0 aliphatic heterocycles. The van der Waals surface area contributed by atoms with Gasteiger partial charge in [0, 0.05) is 18.0 Å². The third-order valence-corrected chi connectivity index (χ3v) is 3.02. The minimum absolute atomic E-state index is 0.572. The number of hydrogen-bond acceptors (Lipinski definition) is 3. The van der Waals surface area contributed by atoms with E-state index in [1.807, 2.05) is 19.9 Å². The van der Waals surface area contributed by atoms with Crippen molar-refractivity contribution < 1.29 is 5.11 Å². The number of nitrogens with one attached hydrogen (secondary N) is 1. The van der Waals surface area contributed by atoms with Crippen molar-refractivity contribution >= 4 is 11.3 Å². The summed E-state index contributed by atoms with van der Waals surface area (Å²) in [5, 5.41) is 15.0. The molecule has 2 nitrogen and oxygen atoms in total. The summed E-state index contributed by atoms with van der Waals surface area (Å²) >= 11 is 1.74. The number of rotatable bonds is 5. The van der Waals surface area contributed by atoms with Gasteiger partial charge in [-0.15, -0.1) is 11.3 Å². The summed E-state index contributed by atoms with van der Waals surface area (Å²) in [6.07, 6.45) is 0.782. The van der Waals surface area contributed by atoms with Crippen molar-refractivity contribution in [3.8, 4) is 0 Å². The maximum Gasteiger partial charge on any atom is 0.0741 e. The summed E-state index contributed by atoms with van der Waals surface area (Å²) < 4.78 is 0. The lowest BCUT2D eigenvalue weighted by Crippen LogP contribution is -2.36. The van der Waals surface area contributed by atoms with E-state index in [0.717, 1.165) is 13.0 Å². The largest absolute Gasteiger partial charge is 0.389 e. The Balaban J connectivity index is 2.21. The standard InChI is InChI=1S/C10H17NOS/c1-3-10(2,12)8-11-7-9-5-4-6-13-9/h4-6,11-12H,3,7-8H2,1-2H3. The zero-order valence-corrected chi connectivity index (χ0v) is 9.03. The first-order valence-corrected chi connectivity index (χ1v) is 5.47. The molecule has 0 fully saturated rings. The van der Waals surface area contributed by atoms with Gasteiger partial charge in [-0.25, -0.2) is 0 Å². The molecule has 0 amide bonds. The summed E-state index contributed by atoms with van der Waals surface area (Å²) in [6, 6.07) is 4.14. The molecule has 1 unspecified atom stereocenters. The van der Waals surface area contributed by atoms with Gasteiger partial charge in [-0.1, -0.05) is 13.0 Å². The van der Waals surface area contributed by atoms with Crippen molar-refractivity contribution in [2.24, 2.45) is 0 Å². The molecule has 0 spiro atoms. The molecule has 0 bridgehead atoms. The van der Waals surface area contributed by atoms with Gasteiger partial charge in [0.15, 0.2) is 0 Å². The molecule has 0 saturated heterocycles. The Kier molecular flexibility index (Phi) is 3.90. The quantitative estimate of drug-likeness (QED) is 0.760. The van der Waals surface area contributed by atoms with E-state index in [2.05, 4.69) is 16.8 Å². The van der Waals surface area contributed by atoms with Gasteiger partial charge >= 0.3 is 0 Å². The highest BCUT2D eigenvalue weighted by molar-refractivity contribution is 7.09. The van der Waals surface area contributed by atoms with Crippen molar-refractivity contribution in [3.05, 3.63) is 22.4 Å². The van der Waals surface area contributed by atoms with E-state index in [4.69, 9.17) is 0 Å². The van der Waals surface area contributed by atoms with Crippen LogP contribution in [0.2, 0.25) is 0 Å². The fraction of sp³-hybridized carbons (Fsp3) is 0.600. The van der Waals surface area contributed by atoms with E-state index < -0.39 is 5.60 Å². The molecule has 1 aromatic rings. The maximum atomic E-state index is 9.69. The van der Waals surface area contributed by atoms with Crippen molar-refractivity contribution in [3.63, 3.8) is 0 Å². The molecule has 0 saturated carbocycles. The highest BCUT2D eigenvalue weighted by Gasteiger charge is 2.16. The summed E-state index contributed by atoms with van der Waals surface area (Å²) in [5.41, 5.74) is -0.572. The third kappa shape index (κ3) is 3.89. The van der Waals surface area contributed by atoms with E-state index in [-0.39, 0.29) is 0 Å². The second-order valence-corrected chi connectivity index (χ2v) is 4.57. The summed E-state index contributed by atoms with van der Waals surface area (Å²) in [5.74, 6) is 0. The molecular formula is C10H17NOS. The van der Waals surface area contributed by atoms with Crippen LogP contribution in [0.15, 0.2) is 17.5 Å². The molecule has 0 aromatic carbocycles. The molecule has 2 N–H and O–H groups in total. The van der Waals surface area contributed by atoms with Crippen LogP contribution in [0.25, 0.3) is 0 Å². The van der Waals surface area contributed by atoms with Gasteiger partial charge in [0.25, 0.3) is 0 Å². The molecule has 1 atom stereocenters. The molecule has 74 valence electrons. The Morgan fingerprint density at radius 2 is 2.38 bits per heavy atom. The molecule has 13 heavy (non-hydrogen) atoms. The minimum Gasteiger partial charge on any atom is -0.389 e. The predicted octanol–water partition coefficient (Wildman–Crippen LogP) is 2.00. The van der Waals surface area contributed by atoms with Gasteiger partial charge in [-0.3, -0.25) is 0 Å². The van der Waals surface area contributed by atoms with Crippen LogP contribution in [0.5, 0.6) is 0 Å². The fourth-order valence-electron chi connectivity index (χ4n) is 0.993. The minimum atomic E-state index is -0.572. The zero-order chi connectivity index (χ0) is 9.73. The molecule has 1 rings (SSSR count). The van der Waals surface area contributed by atoms with Crippen LogP contribution in [-0.2, 0) is 6.54 Å². The molecule has 0 aliphatic carbocycles. The van der Waals surface area contributed by atoms with E-state index in [1.54, 1.807) is 11.3 Å². The zero-order valence-electron chi connectivity index (χ0n) is 8.21. The van der Waals surface area contributed by atoms with Crippen LogP contribution >= 0.6 is 11.3 Å². The van der Waals surface area contributed by atoms with Crippen LogP contribution in [0.3, 0.4) is 0 Å². The number of aliphatic hydroxyl groups is 1. The van der Waals surface area contributed by atoms with Gasteiger partial charge in [0.05, 0.1) is 5.60 Å². The van der Waals surface area contributed by atoms with Crippen molar-refractivity contribution in [2.75, 3.05) is 6.54 Å².